The minimum atomic E-state index is 0. The first kappa shape index (κ1) is 22.6. The summed E-state index contributed by atoms with van der Waals surface area (Å²) in [5.74, 6) is 0. The van der Waals surface area contributed by atoms with Crippen LogP contribution in [0.15, 0.2) is 56.6 Å². The van der Waals surface area contributed by atoms with Gasteiger partial charge in [-0.05, 0) is 6.92 Å². The lowest BCUT2D eigenvalue weighted by Crippen LogP contribution is -1.62. The molecule has 0 fully saturated rings. The van der Waals surface area contributed by atoms with Crippen LogP contribution in [0.1, 0.15) is 5.56 Å². The fourth-order valence-corrected chi connectivity index (χ4v) is 0.534. The van der Waals surface area contributed by atoms with Crippen molar-refractivity contribution in [2.75, 3.05) is 0 Å². The second-order valence-corrected chi connectivity index (χ2v) is 1.65. The van der Waals surface area contributed by atoms with Gasteiger partial charge in [0.1, 0.15) is 0 Å². The van der Waals surface area contributed by atoms with Crippen LogP contribution in [0.25, 0.3) is 0 Å². The monoisotopic (exact) mass is 182 g/mol. The zero-order valence-electron chi connectivity index (χ0n) is 8.63. The Morgan fingerprint density at radius 2 is 1.08 bits per heavy atom. The van der Waals surface area contributed by atoms with E-state index in [1.165, 1.54) is 5.56 Å². The summed E-state index contributed by atoms with van der Waals surface area (Å²) in [5.41, 5.74) is 1.32. The Labute approximate surface area is 82.2 Å². The molecule has 0 aliphatic carbocycles. The summed E-state index contributed by atoms with van der Waals surface area (Å²) in [4.78, 5) is 0. The molecule has 1 aromatic rings. The highest BCUT2D eigenvalue weighted by atomic mass is 14.0. The summed E-state index contributed by atoms with van der Waals surface area (Å²) < 4.78 is 0. The van der Waals surface area contributed by atoms with Crippen molar-refractivity contribution in [2.45, 2.75) is 6.92 Å². The molecule has 76 valence electrons. The summed E-state index contributed by atoms with van der Waals surface area (Å²) in [5, 5.41) is 0. The molecule has 0 heterocycles. The summed E-state index contributed by atoms with van der Waals surface area (Å²) in [7, 11) is 0. The van der Waals surface area contributed by atoms with Crippen LogP contribution in [-0.4, -0.2) is 0 Å². The van der Waals surface area contributed by atoms with E-state index in [1.807, 2.05) is 18.2 Å². The van der Waals surface area contributed by atoms with Crippen LogP contribution in [-0.2, 0) is 0 Å². The van der Waals surface area contributed by atoms with E-state index >= 15 is 0 Å². The SMILES string of the molecule is C=C.C=C.Cc1ccccc1.N.N. The lowest BCUT2D eigenvalue weighted by atomic mass is 10.2. The Hall–Kier alpha value is -1.38. The molecule has 0 bridgehead atoms. The van der Waals surface area contributed by atoms with Crippen LogP contribution >= 0.6 is 0 Å². The maximum Gasteiger partial charge on any atom is -0.0398 e. The van der Waals surface area contributed by atoms with E-state index in [1.54, 1.807) is 0 Å². The summed E-state index contributed by atoms with van der Waals surface area (Å²) in [6.07, 6.45) is 0. The normalized spacial score (nSPS) is 5.31. The quantitative estimate of drug-likeness (QED) is 0.597. The molecule has 0 aliphatic heterocycles. The lowest BCUT2D eigenvalue weighted by Gasteiger charge is -1.82. The van der Waals surface area contributed by atoms with E-state index in [2.05, 4.69) is 45.4 Å². The molecule has 0 radical (unpaired) electrons. The van der Waals surface area contributed by atoms with Crippen molar-refractivity contribution in [2.24, 2.45) is 0 Å². The molecular formula is C11H22N2. The molecule has 0 spiro atoms. The second-order valence-electron chi connectivity index (χ2n) is 1.65. The zero-order chi connectivity index (χ0) is 9.11. The molecular weight excluding hydrogens is 160 g/mol. The van der Waals surface area contributed by atoms with Crippen molar-refractivity contribution in [3.63, 3.8) is 0 Å². The van der Waals surface area contributed by atoms with Gasteiger partial charge in [0.2, 0.25) is 0 Å². The topological polar surface area (TPSA) is 70.0 Å². The van der Waals surface area contributed by atoms with E-state index in [4.69, 9.17) is 0 Å². The third kappa shape index (κ3) is 18.0. The van der Waals surface area contributed by atoms with Gasteiger partial charge < -0.3 is 12.3 Å². The minimum Gasteiger partial charge on any atom is -0.344 e. The van der Waals surface area contributed by atoms with Gasteiger partial charge in [0.25, 0.3) is 0 Å². The highest BCUT2D eigenvalue weighted by Crippen LogP contribution is 1.92. The van der Waals surface area contributed by atoms with Gasteiger partial charge in [-0.25, -0.2) is 0 Å². The Morgan fingerprint density at radius 1 is 0.769 bits per heavy atom. The first-order chi connectivity index (χ1) is 5.39. The van der Waals surface area contributed by atoms with Crippen molar-refractivity contribution in [3.8, 4) is 0 Å². The molecule has 6 N–H and O–H groups in total. The van der Waals surface area contributed by atoms with Crippen molar-refractivity contribution in [1.82, 2.24) is 12.3 Å². The molecule has 0 saturated heterocycles. The number of rotatable bonds is 0. The third-order valence-corrected chi connectivity index (χ3v) is 0.940. The van der Waals surface area contributed by atoms with E-state index in [9.17, 15) is 0 Å². The van der Waals surface area contributed by atoms with Gasteiger partial charge in [0, 0.05) is 0 Å². The average molecular weight is 182 g/mol. The molecule has 0 unspecified atom stereocenters. The Kier molecular flexibility index (Phi) is 38.9. The molecule has 0 amide bonds. The third-order valence-electron chi connectivity index (χ3n) is 0.940. The molecule has 1 rings (SSSR count). The molecule has 0 saturated carbocycles. The lowest BCUT2D eigenvalue weighted by molar-refractivity contribution is 1.48. The molecule has 2 heteroatoms. The van der Waals surface area contributed by atoms with Crippen LogP contribution in [0.3, 0.4) is 0 Å². The largest absolute Gasteiger partial charge is 0.344 e. The average Bonchev–Trinajstić information content (AvgIpc) is 2.13. The standard InChI is InChI=1S/C7H8.2C2H4.2H3N/c1-7-5-3-2-4-6-7;2*1-2;;/h2-6H,1H3;2*1-2H2;2*1H3. The van der Waals surface area contributed by atoms with Gasteiger partial charge in [0.05, 0.1) is 0 Å². The van der Waals surface area contributed by atoms with Gasteiger partial charge in [-0.3, -0.25) is 0 Å². The van der Waals surface area contributed by atoms with Crippen LogP contribution in [0.2, 0.25) is 0 Å². The fourth-order valence-electron chi connectivity index (χ4n) is 0.534. The smallest absolute Gasteiger partial charge is 0.0398 e. The van der Waals surface area contributed by atoms with Gasteiger partial charge in [-0.1, -0.05) is 35.9 Å². The first-order valence-corrected chi connectivity index (χ1v) is 3.41. The maximum absolute atomic E-state index is 3.00. The number of benzene rings is 1. The Morgan fingerprint density at radius 3 is 1.23 bits per heavy atom. The Balaban J connectivity index is -0.0000000607. The number of hydrogen-bond acceptors (Lipinski definition) is 2. The molecule has 0 aliphatic rings. The van der Waals surface area contributed by atoms with Crippen LogP contribution in [0.5, 0.6) is 0 Å². The fraction of sp³-hybridized carbons (Fsp3) is 0.0909. The van der Waals surface area contributed by atoms with E-state index < -0.39 is 0 Å². The molecule has 0 atom stereocenters. The molecule has 13 heavy (non-hydrogen) atoms. The first-order valence-electron chi connectivity index (χ1n) is 3.41. The van der Waals surface area contributed by atoms with Crippen molar-refractivity contribution >= 4 is 0 Å². The van der Waals surface area contributed by atoms with E-state index in [0.717, 1.165) is 0 Å². The summed E-state index contributed by atoms with van der Waals surface area (Å²) >= 11 is 0. The number of aryl methyl sites for hydroxylation is 1. The predicted molar refractivity (Wildman–Crippen MR) is 63.7 cm³/mol. The highest BCUT2D eigenvalue weighted by Gasteiger charge is 1.72. The van der Waals surface area contributed by atoms with Gasteiger partial charge in [0.15, 0.2) is 0 Å². The minimum absolute atomic E-state index is 0. The molecule has 0 aromatic heterocycles. The van der Waals surface area contributed by atoms with Crippen LogP contribution < -0.4 is 12.3 Å². The maximum atomic E-state index is 3.00. The highest BCUT2D eigenvalue weighted by molar-refractivity contribution is 5.11. The van der Waals surface area contributed by atoms with Crippen molar-refractivity contribution in [1.29, 1.82) is 0 Å². The summed E-state index contributed by atoms with van der Waals surface area (Å²) in [6.45, 7) is 14.1. The van der Waals surface area contributed by atoms with Crippen molar-refractivity contribution in [3.05, 3.63) is 62.2 Å². The Bertz CT molecular complexity index is 159. The second kappa shape index (κ2) is 22.4. The number of hydrogen-bond donors (Lipinski definition) is 2. The van der Waals surface area contributed by atoms with E-state index in [0.29, 0.717) is 0 Å². The molecule has 2 nitrogen and oxygen atoms in total. The van der Waals surface area contributed by atoms with Gasteiger partial charge in [-0.2, -0.15) is 0 Å². The predicted octanol–water partition coefficient (Wildman–Crippen LogP) is 3.92. The van der Waals surface area contributed by atoms with Gasteiger partial charge in [-0.15, -0.1) is 26.3 Å². The van der Waals surface area contributed by atoms with Crippen LogP contribution in [0, 0.1) is 6.92 Å². The summed E-state index contributed by atoms with van der Waals surface area (Å²) in [6, 6.07) is 10.3. The molecule has 1 aromatic carbocycles. The zero-order valence-corrected chi connectivity index (χ0v) is 8.63. The van der Waals surface area contributed by atoms with Gasteiger partial charge >= 0.3 is 0 Å². The van der Waals surface area contributed by atoms with E-state index in [-0.39, 0.29) is 12.3 Å². The van der Waals surface area contributed by atoms with Crippen molar-refractivity contribution < 1.29 is 0 Å². The van der Waals surface area contributed by atoms with Crippen LogP contribution in [0.4, 0.5) is 0 Å².